The van der Waals surface area contributed by atoms with Gasteiger partial charge in [-0.05, 0) is 62.2 Å². The minimum absolute atomic E-state index is 0.709. The lowest BCUT2D eigenvalue weighted by Gasteiger charge is -2.26. The van der Waals surface area contributed by atoms with Crippen LogP contribution in [0.25, 0.3) is 11.0 Å². The molecule has 3 aromatic rings. The summed E-state index contributed by atoms with van der Waals surface area (Å²) >= 11 is 5.92. The second-order valence-corrected chi connectivity index (χ2v) is 8.17. The van der Waals surface area contributed by atoms with Crippen molar-refractivity contribution in [1.29, 1.82) is 0 Å². The van der Waals surface area contributed by atoms with Gasteiger partial charge in [-0.3, -0.25) is 4.90 Å². The third-order valence-electron chi connectivity index (χ3n) is 5.57. The zero-order valence-electron chi connectivity index (χ0n) is 17.4. The number of aryl methyl sites for hydroxylation is 2. The molecule has 0 atom stereocenters. The van der Waals surface area contributed by atoms with E-state index in [0.717, 1.165) is 81.4 Å². The van der Waals surface area contributed by atoms with Gasteiger partial charge in [-0.2, -0.15) is 0 Å². The van der Waals surface area contributed by atoms with E-state index >= 15 is 0 Å². The highest BCUT2D eigenvalue weighted by Gasteiger charge is 2.13. The summed E-state index contributed by atoms with van der Waals surface area (Å²) < 4.78 is 13.7. The molecule has 4 rings (SSSR count). The summed E-state index contributed by atoms with van der Waals surface area (Å²) in [5, 5.41) is 0.732. The molecule has 0 bridgehead atoms. The molecule has 1 fully saturated rings. The summed E-state index contributed by atoms with van der Waals surface area (Å²) in [6.45, 7) is 6.60. The van der Waals surface area contributed by atoms with Gasteiger partial charge in [-0.1, -0.05) is 23.7 Å². The third-order valence-corrected chi connectivity index (χ3v) is 5.82. The van der Waals surface area contributed by atoms with Crippen LogP contribution in [0, 0.1) is 0 Å². The van der Waals surface area contributed by atoms with Crippen molar-refractivity contribution < 1.29 is 9.47 Å². The van der Waals surface area contributed by atoms with Crippen LogP contribution in [0.5, 0.6) is 5.75 Å². The maximum atomic E-state index is 5.92. The van der Waals surface area contributed by atoms with Gasteiger partial charge in [0, 0.05) is 31.1 Å². The smallest absolute Gasteiger partial charge is 0.119 e. The predicted molar refractivity (Wildman–Crippen MR) is 121 cm³/mol. The zero-order valence-corrected chi connectivity index (χ0v) is 18.2. The first-order chi connectivity index (χ1) is 14.8. The van der Waals surface area contributed by atoms with E-state index in [1.54, 1.807) is 0 Å². The number of imidazole rings is 1. The van der Waals surface area contributed by atoms with Crippen molar-refractivity contribution in [3.05, 3.63) is 59.4 Å². The molecule has 0 saturated carbocycles. The van der Waals surface area contributed by atoms with Crippen LogP contribution in [0.1, 0.15) is 25.1 Å². The van der Waals surface area contributed by atoms with E-state index in [0.29, 0.717) is 6.61 Å². The van der Waals surface area contributed by atoms with E-state index < -0.39 is 0 Å². The molecule has 30 heavy (non-hydrogen) atoms. The largest absolute Gasteiger partial charge is 0.494 e. The summed E-state index contributed by atoms with van der Waals surface area (Å²) in [4.78, 5) is 7.42. The van der Waals surface area contributed by atoms with Gasteiger partial charge < -0.3 is 14.0 Å². The number of halogens is 1. The fourth-order valence-electron chi connectivity index (χ4n) is 3.94. The van der Waals surface area contributed by atoms with Gasteiger partial charge in [0.1, 0.15) is 11.6 Å². The van der Waals surface area contributed by atoms with Crippen molar-refractivity contribution in [2.24, 2.45) is 0 Å². The Kier molecular flexibility index (Phi) is 7.62. The number of para-hydroxylation sites is 2. The second-order valence-electron chi connectivity index (χ2n) is 7.74. The maximum Gasteiger partial charge on any atom is 0.119 e. The molecular formula is C24H30ClN3O2. The molecule has 5 nitrogen and oxygen atoms in total. The monoisotopic (exact) mass is 427 g/mol. The van der Waals surface area contributed by atoms with Crippen LogP contribution in [0.3, 0.4) is 0 Å². The number of morpholine rings is 1. The first-order valence-corrected chi connectivity index (χ1v) is 11.3. The van der Waals surface area contributed by atoms with Crippen LogP contribution < -0.4 is 4.74 Å². The standard InChI is InChI=1S/C24H30ClN3O2/c25-20-9-11-21(12-10-20)30-17-4-3-14-28-23-7-2-1-6-22(23)26-24(28)8-5-13-27-15-18-29-19-16-27/h1-2,6-7,9-12H,3-5,8,13-19H2. The van der Waals surface area contributed by atoms with Gasteiger partial charge in [-0.25, -0.2) is 4.98 Å². The van der Waals surface area contributed by atoms with Gasteiger partial charge in [0.05, 0.1) is 30.9 Å². The molecule has 1 aliphatic heterocycles. The lowest BCUT2D eigenvalue weighted by atomic mass is 10.2. The molecule has 0 radical (unpaired) electrons. The van der Waals surface area contributed by atoms with Gasteiger partial charge in [0.25, 0.3) is 0 Å². The van der Waals surface area contributed by atoms with Crippen molar-refractivity contribution in [3.63, 3.8) is 0 Å². The minimum Gasteiger partial charge on any atom is -0.494 e. The van der Waals surface area contributed by atoms with Gasteiger partial charge in [0.2, 0.25) is 0 Å². The molecule has 0 N–H and O–H groups in total. The normalized spacial score (nSPS) is 15.0. The number of ether oxygens (including phenoxy) is 2. The second kappa shape index (κ2) is 10.8. The van der Waals surface area contributed by atoms with E-state index in [4.69, 9.17) is 26.1 Å². The molecule has 0 unspecified atom stereocenters. The lowest BCUT2D eigenvalue weighted by molar-refractivity contribution is 0.0374. The number of rotatable bonds is 10. The topological polar surface area (TPSA) is 39.5 Å². The summed E-state index contributed by atoms with van der Waals surface area (Å²) in [7, 11) is 0. The van der Waals surface area contributed by atoms with Crippen LogP contribution in [0.4, 0.5) is 0 Å². The molecule has 2 heterocycles. The predicted octanol–water partition coefficient (Wildman–Crippen LogP) is 4.81. The zero-order chi connectivity index (χ0) is 20.6. The van der Waals surface area contributed by atoms with Crippen molar-refractivity contribution in [2.45, 2.75) is 32.2 Å². The fraction of sp³-hybridized carbons (Fsp3) is 0.458. The third kappa shape index (κ3) is 5.75. The molecule has 1 aliphatic rings. The van der Waals surface area contributed by atoms with Crippen molar-refractivity contribution in [3.8, 4) is 5.75 Å². The number of hydrogen-bond donors (Lipinski definition) is 0. The van der Waals surface area contributed by atoms with Gasteiger partial charge >= 0.3 is 0 Å². The summed E-state index contributed by atoms with van der Waals surface area (Å²) in [6.07, 6.45) is 4.20. The van der Waals surface area contributed by atoms with E-state index in [2.05, 4.69) is 33.7 Å². The summed E-state index contributed by atoms with van der Waals surface area (Å²) in [6, 6.07) is 16.0. The Hall–Kier alpha value is -2.08. The van der Waals surface area contributed by atoms with Crippen molar-refractivity contribution in [1.82, 2.24) is 14.5 Å². The first-order valence-electron chi connectivity index (χ1n) is 10.9. The number of aromatic nitrogens is 2. The van der Waals surface area contributed by atoms with Crippen molar-refractivity contribution in [2.75, 3.05) is 39.5 Å². The number of fused-ring (bicyclic) bond motifs is 1. The average molecular weight is 428 g/mol. The highest BCUT2D eigenvalue weighted by Crippen LogP contribution is 2.19. The van der Waals surface area contributed by atoms with Crippen LogP contribution in [-0.2, 0) is 17.7 Å². The summed E-state index contributed by atoms with van der Waals surface area (Å²) in [5.41, 5.74) is 2.33. The Balaban J connectivity index is 1.30. The number of hydrogen-bond acceptors (Lipinski definition) is 4. The Morgan fingerprint density at radius 3 is 2.57 bits per heavy atom. The molecular weight excluding hydrogens is 398 g/mol. The Labute approximate surface area is 183 Å². The molecule has 1 saturated heterocycles. The SMILES string of the molecule is Clc1ccc(OCCCCn2c(CCCN3CCOCC3)nc3ccccc32)cc1. The highest BCUT2D eigenvalue weighted by molar-refractivity contribution is 6.30. The molecule has 0 amide bonds. The van der Waals surface area contributed by atoms with Crippen molar-refractivity contribution >= 4 is 22.6 Å². The fourth-order valence-corrected chi connectivity index (χ4v) is 4.07. The Bertz CT molecular complexity index is 920. The van der Waals surface area contributed by atoms with Crippen LogP contribution in [0.2, 0.25) is 5.02 Å². The average Bonchev–Trinajstić information content (AvgIpc) is 3.13. The van der Waals surface area contributed by atoms with E-state index in [1.165, 1.54) is 11.3 Å². The molecule has 0 spiro atoms. The number of benzene rings is 2. The first kappa shape index (κ1) is 21.2. The van der Waals surface area contributed by atoms with Crippen LogP contribution in [0.15, 0.2) is 48.5 Å². The van der Waals surface area contributed by atoms with Crippen LogP contribution in [-0.4, -0.2) is 53.9 Å². The van der Waals surface area contributed by atoms with E-state index in [1.807, 2.05) is 24.3 Å². The Morgan fingerprint density at radius 1 is 0.933 bits per heavy atom. The molecule has 0 aliphatic carbocycles. The maximum absolute atomic E-state index is 5.92. The van der Waals surface area contributed by atoms with E-state index in [9.17, 15) is 0 Å². The van der Waals surface area contributed by atoms with Gasteiger partial charge in [0.15, 0.2) is 0 Å². The molecule has 6 heteroatoms. The van der Waals surface area contributed by atoms with Crippen LogP contribution >= 0.6 is 11.6 Å². The summed E-state index contributed by atoms with van der Waals surface area (Å²) in [5.74, 6) is 2.07. The number of nitrogens with zero attached hydrogens (tertiary/aromatic N) is 3. The number of unbranched alkanes of at least 4 members (excludes halogenated alkanes) is 1. The molecule has 2 aromatic carbocycles. The minimum atomic E-state index is 0.709. The molecule has 1 aromatic heterocycles. The Morgan fingerprint density at radius 2 is 1.73 bits per heavy atom. The van der Waals surface area contributed by atoms with E-state index in [-0.39, 0.29) is 0 Å². The quantitative estimate of drug-likeness (QED) is 0.435. The van der Waals surface area contributed by atoms with Gasteiger partial charge in [-0.15, -0.1) is 0 Å². The lowest BCUT2D eigenvalue weighted by Crippen LogP contribution is -2.37. The molecule has 160 valence electrons. The highest BCUT2D eigenvalue weighted by atomic mass is 35.5.